The Hall–Kier alpha value is -2.92. The maximum absolute atomic E-state index is 13.2. The second-order valence-electron chi connectivity index (χ2n) is 5.64. The van der Waals surface area contributed by atoms with Gasteiger partial charge in [0.2, 0.25) is 0 Å². The predicted octanol–water partition coefficient (Wildman–Crippen LogP) is 3.45. The minimum Gasteiger partial charge on any atom is -0.496 e. The van der Waals surface area contributed by atoms with Crippen molar-refractivity contribution >= 4 is 16.7 Å². The maximum atomic E-state index is 13.2. The number of carbonyl (C=O) groups excluding carboxylic acids is 1. The highest BCUT2D eigenvalue weighted by Crippen LogP contribution is 2.28. The lowest BCUT2D eigenvalue weighted by Gasteiger charge is -2.14. The fourth-order valence-electron chi connectivity index (χ4n) is 2.76. The summed E-state index contributed by atoms with van der Waals surface area (Å²) in [5.41, 5.74) is 0.905. The molecule has 0 bridgehead atoms. The minimum absolute atomic E-state index is 0.0113. The van der Waals surface area contributed by atoms with Crippen LogP contribution in [0.2, 0.25) is 0 Å². The van der Waals surface area contributed by atoms with Crippen LogP contribution in [0.3, 0.4) is 0 Å². The van der Waals surface area contributed by atoms with E-state index in [1.165, 1.54) is 18.2 Å². The molecule has 0 aliphatic heterocycles. The van der Waals surface area contributed by atoms with Crippen molar-refractivity contribution in [1.82, 2.24) is 5.32 Å². The molecule has 1 amide bonds. The molecule has 0 spiro atoms. The molecule has 3 aromatic carbocycles. The zero-order valence-corrected chi connectivity index (χ0v) is 13.7. The molecule has 128 valence electrons. The Labute approximate surface area is 144 Å². The first-order chi connectivity index (χ1) is 12.1. The molecular weight excluding hydrogens is 321 g/mol. The monoisotopic (exact) mass is 339 g/mol. The lowest BCUT2D eigenvalue weighted by Crippen LogP contribution is -2.28. The number of carbonyl (C=O) groups is 1. The summed E-state index contributed by atoms with van der Waals surface area (Å²) in [6.07, 6.45) is -0.982. The SMILES string of the molecule is COc1ccc(C(=O)NCC(O)c2cccc(F)c2)c2ccccc12. The van der Waals surface area contributed by atoms with Crippen molar-refractivity contribution in [3.8, 4) is 5.75 Å². The average Bonchev–Trinajstić information content (AvgIpc) is 2.64. The molecule has 0 aliphatic rings. The van der Waals surface area contributed by atoms with Gasteiger partial charge in [-0.05, 0) is 35.2 Å². The molecule has 1 unspecified atom stereocenters. The average molecular weight is 339 g/mol. The number of rotatable bonds is 5. The van der Waals surface area contributed by atoms with Gasteiger partial charge in [-0.3, -0.25) is 4.79 Å². The Bertz CT molecular complexity index is 910. The first-order valence-electron chi connectivity index (χ1n) is 7.87. The second kappa shape index (κ2) is 7.32. The van der Waals surface area contributed by atoms with Gasteiger partial charge in [0.1, 0.15) is 11.6 Å². The van der Waals surface area contributed by atoms with Gasteiger partial charge in [0.25, 0.3) is 5.91 Å². The van der Waals surface area contributed by atoms with Crippen LogP contribution < -0.4 is 10.1 Å². The lowest BCUT2D eigenvalue weighted by molar-refractivity contribution is 0.0918. The summed E-state index contributed by atoms with van der Waals surface area (Å²) in [4.78, 5) is 12.5. The van der Waals surface area contributed by atoms with Crippen molar-refractivity contribution in [2.75, 3.05) is 13.7 Å². The predicted molar refractivity (Wildman–Crippen MR) is 94.2 cm³/mol. The molecule has 0 saturated carbocycles. The van der Waals surface area contributed by atoms with E-state index in [-0.39, 0.29) is 12.5 Å². The van der Waals surface area contributed by atoms with Crippen LogP contribution >= 0.6 is 0 Å². The number of nitrogens with one attached hydrogen (secondary N) is 1. The van der Waals surface area contributed by atoms with Crippen LogP contribution in [0.4, 0.5) is 4.39 Å². The quantitative estimate of drug-likeness (QED) is 0.748. The Balaban J connectivity index is 1.79. The van der Waals surface area contributed by atoms with Crippen LogP contribution in [0.15, 0.2) is 60.7 Å². The maximum Gasteiger partial charge on any atom is 0.252 e. The number of amides is 1. The third-order valence-electron chi connectivity index (χ3n) is 4.04. The summed E-state index contributed by atoms with van der Waals surface area (Å²) in [6.45, 7) is -0.0113. The van der Waals surface area contributed by atoms with Gasteiger partial charge in [0.15, 0.2) is 0 Å². The second-order valence-corrected chi connectivity index (χ2v) is 5.64. The van der Waals surface area contributed by atoms with Crippen molar-refractivity contribution in [2.45, 2.75) is 6.10 Å². The van der Waals surface area contributed by atoms with Crippen LogP contribution in [-0.2, 0) is 0 Å². The Morgan fingerprint density at radius 2 is 1.88 bits per heavy atom. The molecule has 0 fully saturated rings. The van der Waals surface area contributed by atoms with Crippen LogP contribution in [-0.4, -0.2) is 24.7 Å². The Morgan fingerprint density at radius 1 is 1.12 bits per heavy atom. The van der Waals surface area contributed by atoms with Crippen LogP contribution in [0.25, 0.3) is 10.8 Å². The van der Waals surface area contributed by atoms with Crippen molar-refractivity contribution in [3.05, 3.63) is 77.6 Å². The van der Waals surface area contributed by atoms with E-state index in [2.05, 4.69) is 5.32 Å². The molecule has 5 heteroatoms. The zero-order chi connectivity index (χ0) is 17.8. The van der Waals surface area contributed by atoms with Crippen LogP contribution in [0.5, 0.6) is 5.75 Å². The molecule has 0 heterocycles. The van der Waals surface area contributed by atoms with Gasteiger partial charge < -0.3 is 15.2 Å². The first-order valence-corrected chi connectivity index (χ1v) is 7.87. The molecule has 0 saturated heterocycles. The molecule has 3 aromatic rings. The van der Waals surface area contributed by atoms with E-state index in [4.69, 9.17) is 4.74 Å². The van der Waals surface area contributed by atoms with Crippen LogP contribution in [0, 0.1) is 5.82 Å². The molecule has 1 atom stereocenters. The van der Waals surface area contributed by atoms with Crippen molar-refractivity contribution in [3.63, 3.8) is 0 Å². The van der Waals surface area contributed by atoms with E-state index in [0.29, 0.717) is 16.9 Å². The Morgan fingerprint density at radius 3 is 2.60 bits per heavy atom. The third-order valence-corrected chi connectivity index (χ3v) is 4.04. The van der Waals surface area contributed by atoms with E-state index in [1.807, 2.05) is 24.3 Å². The van der Waals surface area contributed by atoms with E-state index in [9.17, 15) is 14.3 Å². The smallest absolute Gasteiger partial charge is 0.252 e. The molecule has 4 nitrogen and oxygen atoms in total. The summed E-state index contributed by atoms with van der Waals surface area (Å²) in [5, 5.41) is 14.4. The topological polar surface area (TPSA) is 58.6 Å². The molecule has 0 aliphatic carbocycles. The van der Waals surface area contributed by atoms with E-state index in [1.54, 1.807) is 25.3 Å². The third kappa shape index (κ3) is 3.61. The summed E-state index contributed by atoms with van der Waals surface area (Å²) in [6, 6.07) is 16.6. The fourth-order valence-corrected chi connectivity index (χ4v) is 2.76. The minimum atomic E-state index is -0.982. The first kappa shape index (κ1) is 16.9. The van der Waals surface area contributed by atoms with Gasteiger partial charge in [-0.1, -0.05) is 36.4 Å². The summed E-state index contributed by atoms with van der Waals surface area (Å²) < 4.78 is 18.5. The van der Waals surface area contributed by atoms with Gasteiger partial charge in [-0.25, -0.2) is 4.39 Å². The molecule has 2 N–H and O–H groups in total. The van der Waals surface area contributed by atoms with Gasteiger partial charge in [-0.15, -0.1) is 0 Å². The molecule has 0 radical (unpaired) electrons. The summed E-state index contributed by atoms with van der Waals surface area (Å²) in [5.74, 6) is -0.0507. The molecule has 25 heavy (non-hydrogen) atoms. The normalized spacial score (nSPS) is 12.0. The fraction of sp³-hybridized carbons (Fsp3) is 0.150. The highest BCUT2D eigenvalue weighted by atomic mass is 19.1. The largest absolute Gasteiger partial charge is 0.496 e. The van der Waals surface area contributed by atoms with Gasteiger partial charge in [-0.2, -0.15) is 0 Å². The lowest BCUT2D eigenvalue weighted by atomic mass is 10.0. The standard InChI is InChI=1S/C20H18FNO3/c1-25-19-10-9-17(15-7-2-3-8-16(15)19)20(24)22-12-18(23)13-5-4-6-14(21)11-13/h2-11,18,23H,12H2,1H3,(H,22,24). The molecule has 0 aromatic heterocycles. The number of aliphatic hydroxyl groups excluding tert-OH is 1. The van der Waals surface area contributed by atoms with Gasteiger partial charge in [0.05, 0.1) is 13.2 Å². The Kier molecular flexibility index (Phi) is 4.95. The highest BCUT2D eigenvalue weighted by Gasteiger charge is 2.15. The van der Waals surface area contributed by atoms with Gasteiger partial charge >= 0.3 is 0 Å². The zero-order valence-electron chi connectivity index (χ0n) is 13.7. The number of halogens is 1. The molecular formula is C20H18FNO3. The number of benzene rings is 3. The summed E-state index contributed by atoms with van der Waals surface area (Å²) in [7, 11) is 1.58. The number of hydrogen-bond acceptors (Lipinski definition) is 3. The van der Waals surface area contributed by atoms with Crippen molar-refractivity contribution < 1.29 is 19.0 Å². The van der Waals surface area contributed by atoms with E-state index < -0.39 is 11.9 Å². The van der Waals surface area contributed by atoms with Crippen LogP contribution in [0.1, 0.15) is 22.0 Å². The van der Waals surface area contributed by atoms with E-state index >= 15 is 0 Å². The van der Waals surface area contributed by atoms with Crippen molar-refractivity contribution in [1.29, 1.82) is 0 Å². The number of aliphatic hydroxyl groups is 1. The number of methoxy groups -OCH3 is 1. The highest BCUT2D eigenvalue weighted by molar-refractivity contribution is 6.08. The van der Waals surface area contributed by atoms with Gasteiger partial charge in [0, 0.05) is 17.5 Å². The number of hydrogen-bond donors (Lipinski definition) is 2. The number of fused-ring (bicyclic) bond motifs is 1. The van der Waals surface area contributed by atoms with Crippen molar-refractivity contribution in [2.24, 2.45) is 0 Å². The number of ether oxygens (including phenoxy) is 1. The van der Waals surface area contributed by atoms with E-state index in [0.717, 1.165) is 10.8 Å². The summed E-state index contributed by atoms with van der Waals surface area (Å²) >= 11 is 0. The molecule has 3 rings (SSSR count).